The SMILES string of the molecule is CCNC(=NCC(c1cccs1)N1CCOCC1)NCCc1csc(C)n1.I. The first-order valence-electron chi connectivity index (χ1n) is 9.54. The highest BCUT2D eigenvalue weighted by Gasteiger charge is 2.23. The molecule has 0 bridgehead atoms. The maximum absolute atomic E-state index is 5.52. The molecule has 0 saturated carbocycles. The number of guanidine groups is 1. The number of aliphatic imine (C=N–C) groups is 1. The third kappa shape index (κ3) is 7.25. The summed E-state index contributed by atoms with van der Waals surface area (Å²) in [5.74, 6) is 0.874. The van der Waals surface area contributed by atoms with Crippen LogP contribution in [0.1, 0.15) is 28.5 Å². The quantitative estimate of drug-likeness (QED) is 0.309. The van der Waals surface area contributed by atoms with Gasteiger partial charge in [-0.25, -0.2) is 4.98 Å². The van der Waals surface area contributed by atoms with E-state index >= 15 is 0 Å². The van der Waals surface area contributed by atoms with Crippen LogP contribution in [0, 0.1) is 6.92 Å². The highest BCUT2D eigenvalue weighted by Crippen LogP contribution is 2.26. The van der Waals surface area contributed by atoms with Crippen LogP contribution in [0.2, 0.25) is 0 Å². The summed E-state index contributed by atoms with van der Waals surface area (Å²) in [6.45, 7) is 10.1. The zero-order valence-corrected chi connectivity index (χ0v) is 20.5. The maximum atomic E-state index is 5.52. The van der Waals surface area contributed by atoms with Crippen LogP contribution in [0.25, 0.3) is 0 Å². The minimum atomic E-state index is 0. The van der Waals surface area contributed by atoms with Crippen molar-refractivity contribution in [2.45, 2.75) is 26.3 Å². The van der Waals surface area contributed by atoms with Gasteiger partial charge >= 0.3 is 0 Å². The first-order valence-corrected chi connectivity index (χ1v) is 11.3. The van der Waals surface area contributed by atoms with Crippen molar-refractivity contribution in [2.75, 3.05) is 45.9 Å². The van der Waals surface area contributed by atoms with Gasteiger partial charge in [0.1, 0.15) is 0 Å². The predicted molar refractivity (Wildman–Crippen MR) is 129 cm³/mol. The fraction of sp³-hybridized carbons (Fsp3) is 0.579. The van der Waals surface area contributed by atoms with Crippen LogP contribution in [0.5, 0.6) is 0 Å². The van der Waals surface area contributed by atoms with Gasteiger partial charge in [-0.3, -0.25) is 9.89 Å². The van der Waals surface area contributed by atoms with Crippen molar-refractivity contribution in [2.24, 2.45) is 4.99 Å². The number of rotatable bonds is 8. The average molecular weight is 536 g/mol. The van der Waals surface area contributed by atoms with E-state index in [-0.39, 0.29) is 24.0 Å². The van der Waals surface area contributed by atoms with Crippen molar-refractivity contribution in [3.8, 4) is 0 Å². The molecular formula is C19H30IN5OS2. The summed E-state index contributed by atoms with van der Waals surface area (Å²) in [7, 11) is 0. The molecule has 0 amide bonds. The first-order chi connectivity index (χ1) is 13.3. The van der Waals surface area contributed by atoms with E-state index in [1.807, 2.05) is 18.3 Å². The van der Waals surface area contributed by atoms with Gasteiger partial charge in [0.05, 0.1) is 36.5 Å². The van der Waals surface area contributed by atoms with Crippen LogP contribution in [0.4, 0.5) is 0 Å². The fourth-order valence-electron chi connectivity index (χ4n) is 3.11. The summed E-state index contributed by atoms with van der Waals surface area (Å²) in [6.07, 6.45) is 0.909. The van der Waals surface area contributed by atoms with E-state index in [0.717, 1.165) is 69.0 Å². The molecule has 1 atom stereocenters. The zero-order valence-electron chi connectivity index (χ0n) is 16.5. The molecule has 2 aromatic heterocycles. The van der Waals surface area contributed by atoms with Gasteiger partial charge in [0.25, 0.3) is 0 Å². The van der Waals surface area contributed by atoms with Crippen LogP contribution in [-0.4, -0.2) is 61.8 Å². The predicted octanol–water partition coefficient (Wildman–Crippen LogP) is 3.30. The maximum Gasteiger partial charge on any atom is 0.191 e. The highest BCUT2D eigenvalue weighted by molar-refractivity contribution is 14.0. The molecule has 28 heavy (non-hydrogen) atoms. The Morgan fingerprint density at radius 1 is 1.32 bits per heavy atom. The van der Waals surface area contributed by atoms with Crippen molar-refractivity contribution in [1.82, 2.24) is 20.5 Å². The molecule has 156 valence electrons. The molecule has 1 fully saturated rings. The summed E-state index contributed by atoms with van der Waals surface area (Å²) >= 11 is 3.51. The number of hydrogen-bond acceptors (Lipinski definition) is 6. The Balaban J connectivity index is 0.00000280. The van der Waals surface area contributed by atoms with E-state index in [4.69, 9.17) is 9.73 Å². The summed E-state index contributed by atoms with van der Waals surface area (Å²) < 4.78 is 5.52. The molecular weight excluding hydrogens is 505 g/mol. The van der Waals surface area contributed by atoms with Gasteiger partial charge in [-0.2, -0.15) is 0 Å². The van der Waals surface area contributed by atoms with E-state index in [1.54, 1.807) is 11.3 Å². The van der Waals surface area contributed by atoms with Gasteiger partial charge in [-0.15, -0.1) is 46.7 Å². The number of aromatic nitrogens is 1. The largest absolute Gasteiger partial charge is 0.379 e. The second-order valence-electron chi connectivity index (χ2n) is 6.43. The monoisotopic (exact) mass is 535 g/mol. The minimum Gasteiger partial charge on any atom is -0.379 e. The van der Waals surface area contributed by atoms with Crippen LogP contribution in [-0.2, 0) is 11.2 Å². The molecule has 9 heteroatoms. The van der Waals surface area contributed by atoms with E-state index < -0.39 is 0 Å². The number of hydrogen-bond donors (Lipinski definition) is 2. The van der Waals surface area contributed by atoms with Gasteiger partial charge in [0, 0.05) is 42.9 Å². The van der Waals surface area contributed by atoms with E-state index in [9.17, 15) is 0 Å². The molecule has 1 aliphatic rings. The van der Waals surface area contributed by atoms with Gasteiger partial charge < -0.3 is 15.4 Å². The van der Waals surface area contributed by atoms with E-state index in [2.05, 4.69) is 50.3 Å². The first kappa shape index (κ1) is 23.5. The third-order valence-electron chi connectivity index (χ3n) is 4.46. The van der Waals surface area contributed by atoms with E-state index in [0.29, 0.717) is 6.04 Å². The molecule has 3 heterocycles. The zero-order chi connectivity index (χ0) is 18.9. The Labute approximate surface area is 192 Å². The number of nitrogens with zero attached hydrogens (tertiary/aromatic N) is 3. The summed E-state index contributed by atoms with van der Waals surface area (Å²) in [5, 5.41) is 12.2. The molecule has 1 aliphatic heterocycles. The standard InChI is InChI=1S/C19H29N5OS2.HI/c1-3-20-19(21-7-6-16-14-27-15(2)23-16)22-13-17(18-5-4-12-26-18)24-8-10-25-11-9-24;/h4-5,12,14,17H,3,6-11,13H2,1-2H3,(H2,20,21,22);1H. The van der Waals surface area contributed by atoms with Crippen molar-refractivity contribution in [3.05, 3.63) is 38.5 Å². The van der Waals surface area contributed by atoms with Gasteiger partial charge in [-0.05, 0) is 25.3 Å². The highest BCUT2D eigenvalue weighted by atomic mass is 127. The average Bonchev–Trinajstić information content (AvgIpc) is 3.35. The lowest BCUT2D eigenvalue weighted by Gasteiger charge is -2.33. The Kier molecular flexibility index (Phi) is 10.7. The Hall–Kier alpha value is -0.750. The molecule has 1 unspecified atom stereocenters. The van der Waals surface area contributed by atoms with Crippen LogP contribution >= 0.6 is 46.7 Å². The number of halogens is 1. The normalized spacial score (nSPS) is 16.4. The van der Waals surface area contributed by atoms with Crippen LogP contribution in [0.15, 0.2) is 27.9 Å². The van der Waals surface area contributed by atoms with Crippen molar-refractivity contribution in [1.29, 1.82) is 0 Å². The summed E-state index contributed by atoms with van der Waals surface area (Å²) in [6, 6.07) is 4.65. The number of nitrogens with one attached hydrogen (secondary N) is 2. The Morgan fingerprint density at radius 3 is 2.79 bits per heavy atom. The molecule has 2 aromatic rings. The van der Waals surface area contributed by atoms with Crippen LogP contribution < -0.4 is 10.6 Å². The van der Waals surface area contributed by atoms with Crippen molar-refractivity contribution >= 4 is 52.6 Å². The smallest absolute Gasteiger partial charge is 0.191 e. The number of thiophene rings is 1. The number of aryl methyl sites for hydroxylation is 1. The lowest BCUT2D eigenvalue weighted by Crippen LogP contribution is -2.42. The third-order valence-corrected chi connectivity index (χ3v) is 6.26. The molecule has 3 rings (SSSR count). The van der Waals surface area contributed by atoms with Gasteiger partial charge in [0.2, 0.25) is 0 Å². The van der Waals surface area contributed by atoms with Gasteiger partial charge in [-0.1, -0.05) is 6.07 Å². The Bertz CT molecular complexity index is 701. The second kappa shape index (κ2) is 12.7. The Morgan fingerprint density at radius 2 is 2.14 bits per heavy atom. The molecule has 0 aromatic carbocycles. The fourth-order valence-corrected chi connectivity index (χ4v) is 4.61. The molecule has 6 nitrogen and oxygen atoms in total. The van der Waals surface area contributed by atoms with E-state index in [1.165, 1.54) is 4.88 Å². The van der Waals surface area contributed by atoms with Crippen molar-refractivity contribution in [3.63, 3.8) is 0 Å². The lowest BCUT2D eigenvalue weighted by atomic mass is 10.2. The molecule has 0 aliphatic carbocycles. The number of thiazole rings is 1. The molecule has 1 saturated heterocycles. The number of morpholine rings is 1. The van der Waals surface area contributed by atoms with Gasteiger partial charge in [0.15, 0.2) is 5.96 Å². The molecule has 0 spiro atoms. The lowest BCUT2D eigenvalue weighted by molar-refractivity contribution is 0.0186. The topological polar surface area (TPSA) is 61.8 Å². The molecule has 0 radical (unpaired) electrons. The second-order valence-corrected chi connectivity index (χ2v) is 8.48. The summed E-state index contributed by atoms with van der Waals surface area (Å²) in [5.41, 5.74) is 1.14. The molecule has 2 N–H and O–H groups in total. The minimum absolute atomic E-state index is 0. The van der Waals surface area contributed by atoms with Crippen LogP contribution in [0.3, 0.4) is 0 Å². The number of ether oxygens (including phenoxy) is 1. The van der Waals surface area contributed by atoms with Crippen molar-refractivity contribution < 1.29 is 4.74 Å². The summed E-state index contributed by atoms with van der Waals surface area (Å²) in [4.78, 5) is 13.3.